The van der Waals surface area contributed by atoms with E-state index < -0.39 is 5.54 Å². The Balaban J connectivity index is 2.77. The van der Waals surface area contributed by atoms with Crippen LogP contribution in [0.5, 0.6) is 0 Å². The molecule has 1 saturated heterocycles. The first-order chi connectivity index (χ1) is 6.55. The molecule has 1 N–H and O–H groups in total. The van der Waals surface area contributed by atoms with Crippen molar-refractivity contribution in [2.45, 2.75) is 52.1 Å². The van der Waals surface area contributed by atoms with E-state index in [1.165, 1.54) is 0 Å². The van der Waals surface area contributed by atoms with Crippen LogP contribution in [-0.2, 0) is 9.53 Å². The Hall–Kier alpha value is -0.570. The highest BCUT2D eigenvalue weighted by molar-refractivity contribution is 5.81. The molecule has 0 bridgehead atoms. The van der Waals surface area contributed by atoms with Crippen molar-refractivity contribution < 1.29 is 9.53 Å². The summed E-state index contributed by atoms with van der Waals surface area (Å²) in [7, 11) is 0. The second-order valence-electron chi connectivity index (χ2n) is 4.38. The Labute approximate surface area is 86.2 Å². The van der Waals surface area contributed by atoms with Gasteiger partial charge in [-0.15, -0.1) is 0 Å². The van der Waals surface area contributed by atoms with E-state index in [0.717, 1.165) is 12.8 Å². The van der Waals surface area contributed by atoms with Crippen LogP contribution in [0.3, 0.4) is 0 Å². The van der Waals surface area contributed by atoms with Crippen molar-refractivity contribution in [2.24, 2.45) is 5.92 Å². The highest BCUT2D eigenvalue weighted by Gasteiger charge is 2.42. The van der Waals surface area contributed by atoms with Crippen molar-refractivity contribution >= 4 is 5.97 Å². The lowest BCUT2D eigenvalue weighted by Crippen LogP contribution is -2.62. The highest BCUT2D eigenvalue weighted by Crippen LogP contribution is 2.24. The SMILES string of the molecule is CCC1(CC)N[C@H](C(C)C)COC1=O. The summed E-state index contributed by atoms with van der Waals surface area (Å²) in [5, 5.41) is 3.44. The van der Waals surface area contributed by atoms with Gasteiger partial charge < -0.3 is 4.74 Å². The molecule has 1 rings (SSSR count). The molecular weight excluding hydrogens is 178 g/mol. The molecule has 82 valence electrons. The highest BCUT2D eigenvalue weighted by atomic mass is 16.5. The van der Waals surface area contributed by atoms with Crippen molar-refractivity contribution in [3.05, 3.63) is 0 Å². The van der Waals surface area contributed by atoms with Gasteiger partial charge in [-0.3, -0.25) is 10.1 Å². The lowest BCUT2D eigenvalue weighted by atomic mass is 9.88. The molecule has 14 heavy (non-hydrogen) atoms. The molecule has 1 aliphatic rings. The Kier molecular flexibility index (Phi) is 3.53. The summed E-state index contributed by atoms with van der Waals surface area (Å²) in [5.41, 5.74) is -0.437. The van der Waals surface area contributed by atoms with Crippen molar-refractivity contribution in [1.82, 2.24) is 5.32 Å². The van der Waals surface area contributed by atoms with Gasteiger partial charge in [-0.05, 0) is 18.8 Å². The number of rotatable bonds is 3. The van der Waals surface area contributed by atoms with Crippen molar-refractivity contribution in [1.29, 1.82) is 0 Å². The molecule has 0 aromatic carbocycles. The predicted molar refractivity (Wildman–Crippen MR) is 56.0 cm³/mol. The number of cyclic esters (lactones) is 1. The molecule has 0 aromatic rings. The summed E-state index contributed by atoms with van der Waals surface area (Å²) in [6, 6.07) is 0.299. The number of carbonyl (C=O) groups excluding carboxylic acids is 1. The van der Waals surface area contributed by atoms with E-state index in [1.807, 2.05) is 13.8 Å². The molecule has 0 aromatic heterocycles. The van der Waals surface area contributed by atoms with E-state index >= 15 is 0 Å². The van der Waals surface area contributed by atoms with E-state index in [9.17, 15) is 4.79 Å². The molecule has 3 nitrogen and oxygen atoms in total. The van der Waals surface area contributed by atoms with Gasteiger partial charge in [0.05, 0.1) is 0 Å². The Morgan fingerprint density at radius 1 is 1.50 bits per heavy atom. The maximum Gasteiger partial charge on any atom is 0.326 e. The average Bonchev–Trinajstić information content (AvgIpc) is 2.19. The third-order valence-corrected chi connectivity index (χ3v) is 3.26. The lowest BCUT2D eigenvalue weighted by Gasteiger charge is -2.40. The van der Waals surface area contributed by atoms with Gasteiger partial charge in [0.1, 0.15) is 12.1 Å². The number of hydrogen-bond acceptors (Lipinski definition) is 3. The monoisotopic (exact) mass is 199 g/mol. The minimum atomic E-state index is -0.437. The van der Waals surface area contributed by atoms with Gasteiger partial charge in [0, 0.05) is 6.04 Å². The molecule has 1 atom stereocenters. The summed E-state index contributed by atoms with van der Waals surface area (Å²) in [4.78, 5) is 11.7. The van der Waals surface area contributed by atoms with E-state index in [4.69, 9.17) is 4.74 Å². The molecular formula is C11H21NO2. The van der Waals surface area contributed by atoms with Crippen LogP contribution < -0.4 is 5.32 Å². The van der Waals surface area contributed by atoms with Gasteiger partial charge in [0.2, 0.25) is 0 Å². The third kappa shape index (κ3) is 1.92. The number of nitrogens with one attached hydrogen (secondary N) is 1. The van der Waals surface area contributed by atoms with Crippen molar-refractivity contribution in [2.75, 3.05) is 6.61 Å². The molecule has 1 aliphatic heterocycles. The molecule has 0 amide bonds. The Bertz CT molecular complexity index is 209. The molecule has 0 radical (unpaired) electrons. The van der Waals surface area contributed by atoms with Crippen LogP contribution in [-0.4, -0.2) is 24.2 Å². The maximum atomic E-state index is 11.7. The van der Waals surface area contributed by atoms with Gasteiger partial charge in [0.25, 0.3) is 0 Å². The Morgan fingerprint density at radius 3 is 2.50 bits per heavy atom. The fraction of sp³-hybridized carbons (Fsp3) is 0.909. The topological polar surface area (TPSA) is 38.3 Å². The Morgan fingerprint density at radius 2 is 2.07 bits per heavy atom. The first-order valence-electron chi connectivity index (χ1n) is 5.50. The van der Waals surface area contributed by atoms with Gasteiger partial charge >= 0.3 is 5.97 Å². The van der Waals surface area contributed by atoms with Crippen LogP contribution in [0.4, 0.5) is 0 Å². The molecule has 0 saturated carbocycles. The molecule has 1 fully saturated rings. The van der Waals surface area contributed by atoms with Gasteiger partial charge in [0.15, 0.2) is 0 Å². The largest absolute Gasteiger partial charge is 0.463 e. The number of hydrogen-bond donors (Lipinski definition) is 1. The third-order valence-electron chi connectivity index (χ3n) is 3.26. The number of carbonyl (C=O) groups is 1. The molecule has 3 heteroatoms. The minimum Gasteiger partial charge on any atom is -0.463 e. The standard InChI is InChI=1S/C11H21NO2/c1-5-11(6-2)10(13)14-7-9(12-11)8(3)4/h8-9,12H,5-7H2,1-4H3/t9-/m0/s1. The molecule has 0 aliphatic carbocycles. The van der Waals surface area contributed by atoms with E-state index in [1.54, 1.807) is 0 Å². The first kappa shape index (κ1) is 11.5. The van der Waals surface area contributed by atoms with Crippen LogP contribution in [0.2, 0.25) is 0 Å². The zero-order valence-corrected chi connectivity index (χ0v) is 9.59. The lowest BCUT2D eigenvalue weighted by molar-refractivity contribution is -0.160. The quantitative estimate of drug-likeness (QED) is 0.703. The van der Waals surface area contributed by atoms with Gasteiger partial charge in [-0.2, -0.15) is 0 Å². The van der Waals surface area contributed by atoms with Gasteiger partial charge in [-0.1, -0.05) is 27.7 Å². The minimum absolute atomic E-state index is 0.0839. The van der Waals surface area contributed by atoms with Crippen LogP contribution in [0.1, 0.15) is 40.5 Å². The van der Waals surface area contributed by atoms with Crippen LogP contribution in [0.15, 0.2) is 0 Å². The fourth-order valence-corrected chi connectivity index (χ4v) is 1.86. The summed E-state index contributed by atoms with van der Waals surface area (Å²) < 4.78 is 5.25. The van der Waals surface area contributed by atoms with Gasteiger partial charge in [-0.25, -0.2) is 0 Å². The van der Waals surface area contributed by atoms with E-state index in [0.29, 0.717) is 18.6 Å². The second-order valence-corrected chi connectivity index (χ2v) is 4.38. The number of esters is 1. The number of ether oxygens (including phenoxy) is 1. The molecule has 0 spiro atoms. The normalized spacial score (nSPS) is 26.4. The summed E-state index contributed by atoms with van der Waals surface area (Å²) >= 11 is 0. The van der Waals surface area contributed by atoms with Crippen molar-refractivity contribution in [3.63, 3.8) is 0 Å². The van der Waals surface area contributed by atoms with Crippen LogP contribution >= 0.6 is 0 Å². The molecule has 0 unspecified atom stereocenters. The smallest absolute Gasteiger partial charge is 0.326 e. The fourth-order valence-electron chi connectivity index (χ4n) is 1.86. The zero-order chi connectivity index (χ0) is 10.8. The van der Waals surface area contributed by atoms with E-state index in [-0.39, 0.29) is 5.97 Å². The molecule has 1 heterocycles. The maximum absolute atomic E-state index is 11.7. The van der Waals surface area contributed by atoms with Crippen molar-refractivity contribution in [3.8, 4) is 0 Å². The summed E-state index contributed by atoms with van der Waals surface area (Å²) in [6.45, 7) is 8.86. The number of morpholine rings is 1. The zero-order valence-electron chi connectivity index (χ0n) is 9.59. The van der Waals surface area contributed by atoms with E-state index in [2.05, 4.69) is 19.2 Å². The summed E-state index contributed by atoms with van der Waals surface area (Å²) in [6.07, 6.45) is 1.59. The average molecular weight is 199 g/mol. The second kappa shape index (κ2) is 4.30. The predicted octanol–water partition coefficient (Wildman–Crippen LogP) is 1.72. The first-order valence-corrected chi connectivity index (χ1v) is 5.50. The van der Waals surface area contributed by atoms with Crippen LogP contribution in [0.25, 0.3) is 0 Å². The van der Waals surface area contributed by atoms with Crippen LogP contribution in [0, 0.1) is 5.92 Å². The summed E-state index contributed by atoms with van der Waals surface area (Å²) in [5.74, 6) is 0.417.